The number of benzene rings is 3. The lowest BCUT2D eigenvalue weighted by Gasteiger charge is -2.53. The molecule has 3 aliphatic rings. The second-order valence-electron chi connectivity index (χ2n) is 17.3. The van der Waals surface area contributed by atoms with E-state index >= 15 is 0 Å². The quantitative estimate of drug-likeness (QED) is 0.0367. The summed E-state index contributed by atoms with van der Waals surface area (Å²) in [5, 5.41) is 69.3. The van der Waals surface area contributed by atoms with Gasteiger partial charge in [0.25, 0.3) is 5.91 Å². The van der Waals surface area contributed by atoms with Gasteiger partial charge in [-0.1, -0.05) is 75.1 Å². The molecule has 64 heavy (non-hydrogen) atoms. The van der Waals surface area contributed by atoms with Gasteiger partial charge in [0, 0.05) is 25.0 Å². The van der Waals surface area contributed by atoms with Crippen molar-refractivity contribution in [2.45, 2.75) is 82.0 Å². The predicted molar refractivity (Wildman–Crippen MR) is 243 cm³/mol. The molecule has 1 heterocycles. The van der Waals surface area contributed by atoms with Crippen LogP contribution in [0.1, 0.15) is 75.3 Å². The highest BCUT2D eigenvalue weighted by atomic mass is 35.5. The third-order valence-corrected chi connectivity index (χ3v) is 17.8. The average Bonchev–Trinajstić information content (AvgIpc) is 3.70. The number of likely N-dealkylation sites (N-methyl/N-ethyl adjacent to an activating group) is 1. The molecule has 0 radical (unpaired) electrons. The Morgan fingerprint density at radius 2 is 1.45 bits per heavy atom. The van der Waals surface area contributed by atoms with E-state index in [1.165, 1.54) is 41.0 Å². The molecule has 0 spiro atoms. The van der Waals surface area contributed by atoms with Crippen LogP contribution in [0.15, 0.2) is 102 Å². The van der Waals surface area contributed by atoms with E-state index in [4.69, 9.17) is 5.73 Å². The molecule has 6 atom stereocenters. The summed E-state index contributed by atoms with van der Waals surface area (Å²) < 4.78 is 1.88. The number of nitrogens with two attached hydrogens (primary N) is 1. The highest BCUT2D eigenvalue weighted by Crippen LogP contribution is 2.58. The number of nitrogens with zero attached hydrogens (tertiary/aromatic N) is 3. The van der Waals surface area contributed by atoms with Crippen molar-refractivity contribution in [3.63, 3.8) is 0 Å². The number of primary amides is 1. The minimum atomic E-state index is -3.01. The summed E-state index contributed by atoms with van der Waals surface area (Å²) in [6.45, 7) is 1.65. The van der Waals surface area contributed by atoms with E-state index < -0.39 is 88.7 Å². The highest BCUT2D eigenvalue weighted by Gasteiger charge is 2.68. The summed E-state index contributed by atoms with van der Waals surface area (Å²) in [6, 6.07) is 23.2. The predicted octanol–water partition coefficient (Wildman–Crippen LogP) is 1.29. The third-order valence-electron chi connectivity index (χ3n) is 13.3. The maximum absolute atomic E-state index is 14.3. The van der Waals surface area contributed by atoms with Crippen molar-refractivity contribution >= 4 is 58.0 Å². The Balaban J connectivity index is 0.00000680. The number of aromatic hydroxyl groups is 1. The monoisotopic (exact) mass is 913 g/mol. The van der Waals surface area contributed by atoms with Crippen LogP contribution < -0.4 is 39.4 Å². The van der Waals surface area contributed by atoms with Gasteiger partial charge in [-0.25, -0.2) is 0 Å². The molecule has 3 aromatic carbocycles. The van der Waals surface area contributed by atoms with Crippen molar-refractivity contribution < 1.29 is 57.1 Å². The van der Waals surface area contributed by atoms with Gasteiger partial charge < -0.3 is 49.0 Å². The minimum absolute atomic E-state index is 0. The second kappa shape index (κ2) is 19.4. The van der Waals surface area contributed by atoms with Crippen LogP contribution in [0.5, 0.6) is 5.75 Å². The lowest BCUT2D eigenvalue weighted by atomic mass is 9.54. The number of aliphatic hydroxyl groups is 4. The number of aliphatic hydroxyl groups excluding tert-OH is 3. The van der Waals surface area contributed by atoms with Gasteiger partial charge in [-0.2, -0.15) is 5.10 Å². The largest absolute Gasteiger partial charge is 1.00 e. The zero-order valence-electron chi connectivity index (χ0n) is 36.4. The molecule has 0 aliphatic heterocycles. The van der Waals surface area contributed by atoms with Crippen LogP contribution >= 0.6 is 7.26 Å². The summed E-state index contributed by atoms with van der Waals surface area (Å²) in [5.74, 6) is -10.1. The van der Waals surface area contributed by atoms with Crippen LogP contribution in [0.25, 0.3) is 5.76 Å². The van der Waals surface area contributed by atoms with Crippen molar-refractivity contribution in [2.24, 2.45) is 24.6 Å². The smallest absolute Gasteiger partial charge is 0.255 e. The van der Waals surface area contributed by atoms with Gasteiger partial charge in [0.15, 0.2) is 11.4 Å². The third kappa shape index (κ3) is 8.26. The first kappa shape index (κ1) is 48.1. The number of amides is 2. The van der Waals surface area contributed by atoms with E-state index in [0.29, 0.717) is 12.0 Å². The van der Waals surface area contributed by atoms with E-state index in [-0.39, 0.29) is 36.0 Å². The molecule has 8 N–H and O–H groups in total. The second-order valence-corrected chi connectivity index (χ2v) is 20.9. The number of anilines is 1. The van der Waals surface area contributed by atoms with Gasteiger partial charge in [-0.15, -0.1) is 0 Å². The first-order valence-corrected chi connectivity index (χ1v) is 23.5. The number of rotatable bonds is 16. The van der Waals surface area contributed by atoms with Gasteiger partial charge in [0.2, 0.25) is 11.7 Å². The zero-order chi connectivity index (χ0) is 45.4. The Kier molecular flexibility index (Phi) is 14.6. The Morgan fingerprint density at radius 1 is 0.875 bits per heavy atom. The molecule has 3 aliphatic carbocycles. The van der Waals surface area contributed by atoms with Crippen LogP contribution in [0.4, 0.5) is 5.69 Å². The zero-order valence-corrected chi connectivity index (χ0v) is 38.1. The average molecular weight is 914 g/mol. The summed E-state index contributed by atoms with van der Waals surface area (Å²) in [4.78, 5) is 54.5. The first-order valence-electron chi connectivity index (χ1n) is 21.5. The Hall–Kier alpha value is -5.37. The number of phenols is 1. The SMILES string of the molecule is C[C@H]1c2ccc(NC(=O)CCCCCCCCC[P+](c3ccccc3)(c3ccccc3)c3cnn(C)c3)c(O)c2C(O)=C2C(=O)[C@]3(O)C(O)=C(C(N)=O)C(=O)[C@@H](N(C)C)[C@@H]3[C@@H](O)[C@@H]21.[Cl-]. The van der Waals surface area contributed by atoms with Crippen LogP contribution in [0.2, 0.25) is 0 Å². The summed E-state index contributed by atoms with van der Waals surface area (Å²) in [5.41, 5.74) is 1.07. The van der Waals surface area contributed by atoms with Crippen molar-refractivity contribution in [2.75, 3.05) is 25.6 Å². The number of aryl methyl sites for hydroxylation is 1. The number of nitrogens with one attached hydrogen (secondary N) is 1. The summed E-state index contributed by atoms with van der Waals surface area (Å²) in [7, 11) is 2.94. The number of carbonyl (C=O) groups is 4. The molecule has 1 aromatic heterocycles. The molecule has 7 rings (SSSR count). The van der Waals surface area contributed by atoms with Crippen molar-refractivity contribution in [1.82, 2.24) is 14.7 Å². The lowest BCUT2D eigenvalue weighted by molar-refractivity contribution is -0.169. The summed E-state index contributed by atoms with van der Waals surface area (Å²) in [6.07, 6.45) is 10.4. The molecule has 2 amide bonds. The number of Topliss-reactive ketones (excluding diaryl/α,β-unsaturated/α-hetero) is 2. The van der Waals surface area contributed by atoms with Crippen molar-refractivity contribution in [3.05, 3.63) is 113 Å². The molecule has 340 valence electrons. The Morgan fingerprint density at radius 3 is 2.00 bits per heavy atom. The fraction of sp³-hybridized carbons (Fsp3) is 0.396. The van der Waals surface area contributed by atoms with E-state index in [2.05, 4.69) is 77.3 Å². The Labute approximate surface area is 379 Å². The molecule has 1 saturated carbocycles. The fourth-order valence-electron chi connectivity index (χ4n) is 10.3. The molecule has 14 nitrogen and oxygen atoms in total. The maximum atomic E-state index is 14.3. The number of phenolic OH excluding ortho intramolecular Hbond substituents is 1. The molecule has 0 saturated heterocycles. The van der Waals surface area contributed by atoms with Gasteiger partial charge >= 0.3 is 0 Å². The Bertz CT molecular complexity index is 2440. The molecule has 4 aromatic rings. The number of carbonyl (C=O) groups excluding carboxylic acids is 4. The maximum Gasteiger partial charge on any atom is 0.255 e. The number of unbranched alkanes of at least 4 members (excludes halogenated alkanes) is 6. The van der Waals surface area contributed by atoms with E-state index in [0.717, 1.165) is 44.7 Å². The lowest BCUT2D eigenvalue weighted by Crippen LogP contribution is -3.00. The normalized spacial score (nSPS) is 23.0. The topological polar surface area (TPSA) is 229 Å². The van der Waals surface area contributed by atoms with Gasteiger partial charge in [-0.3, -0.25) is 28.8 Å². The van der Waals surface area contributed by atoms with E-state index in [1.807, 2.05) is 17.9 Å². The van der Waals surface area contributed by atoms with Crippen LogP contribution in [-0.2, 0) is 26.2 Å². The number of fused-ring (bicyclic) bond motifs is 3. The number of halogens is 1. The van der Waals surface area contributed by atoms with Crippen molar-refractivity contribution in [3.8, 4) is 5.75 Å². The number of ketones is 2. The van der Waals surface area contributed by atoms with Crippen LogP contribution in [0.3, 0.4) is 0 Å². The number of hydrogen-bond donors (Lipinski definition) is 7. The van der Waals surface area contributed by atoms with Crippen molar-refractivity contribution in [1.29, 1.82) is 0 Å². The highest BCUT2D eigenvalue weighted by molar-refractivity contribution is 7.95. The first-order chi connectivity index (χ1) is 30.1. The molecule has 16 heteroatoms. The molecule has 1 fully saturated rings. The molecular weight excluding hydrogens is 857 g/mol. The minimum Gasteiger partial charge on any atom is -1.00 e. The number of hydrogen-bond acceptors (Lipinski definition) is 11. The van der Waals surface area contributed by atoms with Gasteiger partial charge in [0.05, 0.1) is 47.9 Å². The van der Waals surface area contributed by atoms with Gasteiger partial charge in [-0.05, 0) is 75.2 Å². The van der Waals surface area contributed by atoms with E-state index in [1.54, 1.807) is 13.0 Å². The summed E-state index contributed by atoms with van der Waals surface area (Å²) >= 11 is 0. The van der Waals surface area contributed by atoms with Crippen LogP contribution in [-0.4, -0.2) is 102 Å². The van der Waals surface area contributed by atoms with E-state index in [9.17, 15) is 44.7 Å². The van der Waals surface area contributed by atoms with Gasteiger partial charge in [0.1, 0.15) is 46.0 Å². The molecule has 0 unspecified atom stereocenters. The molecule has 0 bridgehead atoms. The number of aromatic nitrogens is 2. The fourth-order valence-corrected chi connectivity index (χ4v) is 14.6. The van der Waals surface area contributed by atoms with Crippen LogP contribution in [0, 0.1) is 11.8 Å². The molecular formula is C48H57ClN5O9P. The standard InChI is InChI=1S/C48H56N5O9P.ClH/c1-28-32-23-24-33(41(55)36(32)42(56)37-35(28)43(57)39-40(52(2)3)44(58)38(47(49)61)46(60)48(39,62)45(37)59)51-34(54)22-16-8-6-5-7-9-17-25-63(29-18-12-10-13-19-29,30-20-14-11-15-21-30)31-26-50-53(4)27-31;/h10-15,18-21,23-24,26-28,35,39-40,43,57,62H,5-9,16-17,22,25H2,1-4H3,(H5-,49,51,54,55,56,58,59,60,61);1H/t28-,35+,39+,40-,43-,48-;/m0./s1.